The average Bonchev–Trinajstić information content (AvgIpc) is 3.10. The van der Waals surface area contributed by atoms with E-state index in [0.717, 1.165) is 16.0 Å². The molecule has 1 spiro atoms. The Kier molecular flexibility index (Phi) is 4.64. The van der Waals surface area contributed by atoms with Gasteiger partial charge in [-0.25, -0.2) is 19.1 Å². The van der Waals surface area contributed by atoms with Crippen molar-refractivity contribution >= 4 is 41.0 Å². The number of amides is 3. The molecule has 1 aromatic rings. The Bertz CT molecular complexity index is 903. The second-order valence-corrected chi connectivity index (χ2v) is 6.39. The molecule has 1 atom stereocenters. The van der Waals surface area contributed by atoms with Gasteiger partial charge in [0.05, 0.1) is 23.7 Å². The number of hydrogen-bond donors (Lipinski definition) is 1. The molecule has 1 N–H and O–H groups in total. The van der Waals surface area contributed by atoms with Crippen molar-refractivity contribution in [2.45, 2.75) is 25.8 Å². The van der Waals surface area contributed by atoms with Crippen LogP contribution in [0, 0.1) is 5.82 Å². The predicted octanol–water partition coefficient (Wildman–Crippen LogP) is 1.29. The van der Waals surface area contributed by atoms with Crippen LogP contribution in [0.25, 0.3) is 0 Å². The third-order valence-electron chi connectivity index (χ3n) is 4.23. The maximum absolute atomic E-state index is 13.8. The minimum Gasteiger partial charge on any atom is -0.461 e. The molecule has 2 aliphatic rings. The Labute approximate surface area is 158 Å². The first-order valence-electron chi connectivity index (χ1n) is 8.01. The van der Waals surface area contributed by atoms with Crippen LogP contribution in [0.15, 0.2) is 30.0 Å². The fraction of sp³-hybridized carbons (Fsp3) is 0.294. The van der Waals surface area contributed by atoms with Crippen molar-refractivity contribution in [2.24, 2.45) is 0 Å². The number of nitrogens with one attached hydrogen (secondary N) is 1. The molecule has 0 aliphatic carbocycles. The highest BCUT2D eigenvalue weighted by atomic mass is 35.5. The van der Waals surface area contributed by atoms with Crippen molar-refractivity contribution in [1.82, 2.24) is 10.4 Å². The summed E-state index contributed by atoms with van der Waals surface area (Å²) in [6.45, 7) is 2.88. The molecule has 2 aliphatic heterocycles. The number of hydrogen-bond acceptors (Lipinski definition) is 6. The number of anilines is 1. The largest absolute Gasteiger partial charge is 0.461 e. The fourth-order valence-electron chi connectivity index (χ4n) is 3.09. The van der Waals surface area contributed by atoms with Crippen LogP contribution in [0.4, 0.5) is 10.1 Å². The van der Waals surface area contributed by atoms with Crippen LogP contribution in [0.1, 0.15) is 20.3 Å². The zero-order chi connectivity index (χ0) is 19.9. The van der Waals surface area contributed by atoms with Gasteiger partial charge in [-0.1, -0.05) is 11.6 Å². The minimum absolute atomic E-state index is 0.0229. The van der Waals surface area contributed by atoms with Crippen molar-refractivity contribution in [3.8, 4) is 0 Å². The van der Waals surface area contributed by atoms with Crippen molar-refractivity contribution in [2.75, 3.05) is 11.5 Å². The number of carbonyl (C=O) groups excluding carboxylic acids is 4. The van der Waals surface area contributed by atoms with E-state index in [1.165, 1.54) is 25.1 Å². The summed E-state index contributed by atoms with van der Waals surface area (Å²) in [4.78, 5) is 50.5. The van der Waals surface area contributed by atoms with E-state index in [0.29, 0.717) is 0 Å². The van der Waals surface area contributed by atoms with Crippen molar-refractivity contribution in [3.63, 3.8) is 0 Å². The van der Waals surface area contributed by atoms with Crippen LogP contribution >= 0.6 is 11.6 Å². The van der Waals surface area contributed by atoms with Gasteiger partial charge in [-0.3, -0.25) is 19.8 Å². The van der Waals surface area contributed by atoms with E-state index in [4.69, 9.17) is 16.3 Å². The summed E-state index contributed by atoms with van der Waals surface area (Å²) in [5, 5.41) is 0.746. The van der Waals surface area contributed by atoms with E-state index in [1.807, 2.05) is 0 Å². The van der Waals surface area contributed by atoms with Gasteiger partial charge in [0, 0.05) is 6.92 Å². The summed E-state index contributed by atoms with van der Waals surface area (Å²) in [6.07, 6.45) is 0.782. The van der Waals surface area contributed by atoms with Gasteiger partial charge in [0.1, 0.15) is 11.5 Å². The van der Waals surface area contributed by atoms with Crippen LogP contribution in [0.2, 0.25) is 5.02 Å². The minimum atomic E-state index is -1.73. The molecule has 27 heavy (non-hydrogen) atoms. The second-order valence-electron chi connectivity index (χ2n) is 5.98. The first-order chi connectivity index (χ1) is 12.7. The molecule has 1 saturated heterocycles. The van der Waals surface area contributed by atoms with Gasteiger partial charge in [-0.05, 0) is 31.2 Å². The number of rotatable bonds is 3. The van der Waals surface area contributed by atoms with Crippen LogP contribution in [0.5, 0.6) is 0 Å². The maximum Gasteiger partial charge on any atom is 0.355 e. The van der Waals surface area contributed by atoms with E-state index >= 15 is 0 Å². The van der Waals surface area contributed by atoms with Gasteiger partial charge < -0.3 is 4.74 Å². The van der Waals surface area contributed by atoms with Crippen LogP contribution in [-0.2, 0) is 23.9 Å². The first kappa shape index (κ1) is 18.8. The molecule has 142 valence electrons. The van der Waals surface area contributed by atoms with E-state index in [2.05, 4.69) is 5.43 Å². The Balaban J connectivity index is 2.04. The molecule has 0 unspecified atom stereocenters. The summed E-state index contributed by atoms with van der Waals surface area (Å²) < 4.78 is 18.7. The quantitative estimate of drug-likeness (QED) is 0.612. The molecule has 0 saturated carbocycles. The Morgan fingerprint density at radius 1 is 1.37 bits per heavy atom. The lowest BCUT2D eigenvalue weighted by Gasteiger charge is -2.30. The lowest BCUT2D eigenvalue weighted by molar-refractivity contribution is -0.144. The normalized spacial score (nSPS) is 21.6. The third kappa shape index (κ3) is 2.93. The molecule has 0 bridgehead atoms. The molecule has 3 rings (SSSR count). The van der Waals surface area contributed by atoms with Gasteiger partial charge in [-0.2, -0.15) is 0 Å². The summed E-state index contributed by atoms with van der Waals surface area (Å²) in [6, 6.07) is 3.48. The summed E-state index contributed by atoms with van der Waals surface area (Å²) in [5.41, 5.74) is 0.641. The highest BCUT2D eigenvalue weighted by Crippen LogP contribution is 2.38. The summed E-state index contributed by atoms with van der Waals surface area (Å²) in [5.74, 6) is -3.61. The van der Waals surface area contributed by atoms with E-state index < -0.39 is 41.5 Å². The Morgan fingerprint density at radius 2 is 2.07 bits per heavy atom. The van der Waals surface area contributed by atoms with Gasteiger partial charge in [0.2, 0.25) is 11.8 Å². The van der Waals surface area contributed by atoms with Crippen LogP contribution in [-0.4, -0.2) is 40.8 Å². The molecule has 1 fully saturated rings. The topological polar surface area (TPSA) is 96.0 Å². The smallest absolute Gasteiger partial charge is 0.355 e. The lowest BCUT2D eigenvalue weighted by atomic mass is 9.96. The SMILES string of the molecule is CCOC(=O)C1=C[C@@]2(CC(=O)N(c3ccc(Cl)c(F)c3)C2=O)N(C(C)=O)N1. The third-order valence-corrected chi connectivity index (χ3v) is 4.54. The van der Waals surface area contributed by atoms with Gasteiger partial charge in [0.15, 0.2) is 5.54 Å². The van der Waals surface area contributed by atoms with Crippen molar-refractivity contribution in [1.29, 1.82) is 0 Å². The fourth-order valence-corrected chi connectivity index (χ4v) is 3.21. The van der Waals surface area contributed by atoms with E-state index in [1.54, 1.807) is 6.92 Å². The molecule has 8 nitrogen and oxygen atoms in total. The number of carbonyl (C=O) groups is 4. The van der Waals surface area contributed by atoms with Crippen LogP contribution in [0.3, 0.4) is 0 Å². The molecule has 0 radical (unpaired) electrons. The number of ether oxygens (including phenoxy) is 1. The lowest BCUT2D eigenvalue weighted by Crippen LogP contribution is -2.56. The summed E-state index contributed by atoms with van der Waals surface area (Å²) >= 11 is 5.64. The standard InChI is InChI=1S/C17H15ClFN3O5/c1-3-27-15(25)13-7-17(22(20-13)9(2)23)8-14(24)21(16(17)26)10-4-5-11(18)12(19)6-10/h4-7,20H,3,8H2,1-2H3/t17-/m0/s1. The molecule has 3 amide bonds. The van der Waals surface area contributed by atoms with Gasteiger partial charge >= 0.3 is 5.97 Å². The van der Waals surface area contributed by atoms with E-state index in [9.17, 15) is 23.6 Å². The Hall–Kier alpha value is -2.94. The zero-order valence-corrected chi connectivity index (χ0v) is 15.2. The van der Waals surface area contributed by atoms with Crippen molar-refractivity contribution < 1.29 is 28.3 Å². The number of imide groups is 1. The summed E-state index contributed by atoms with van der Waals surface area (Å²) in [7, 11) is 0. The highest BCUT2D eigenvalue weighted by Gasteiger charge is 2.59. The molecule has 1 aromatic carbocycles. The van der Waals surface area contributed by atoms with Gasteiger partial charge in [-0.15, -0.1) is 0 Å². The second kappa shape index (κ2) is 6.66. The van der Waals surface area contributed by atoms with E-state index in [-0.39, 0.29) is 23.0 Å². The molecular weight excluding hydrogens is 381 g/mol. The average molecular weight is 396 g/mol. The monoisotopic (exact) mass is 395 g/mol. The number of benzene rings is 1. The Morgan fingerprint density at radius 3 is 2.67 bits per heavy atom. The molecule has 10 heteroatoms. The molecule has 2 heterocycles. The zero-order valence-electron chi connectivity index (χ0n) is 14.4. The molecule has 0 aromatic heterocycles. The molecular formula is C17H15ClFN3O5. The van der Waals surface area contributed by atoms with Crippen molar-refractivity contribution in [3.05, 3.63) is 40.8 Å². The first-order valence-corrected chi connectivity index (χ1v) is 8.39. The number of hydrazine groups is 1. The number of nitrogens with zero attached hydrogens (tertiary/aromatic N) is 2. The van der Waals surface area contributed by atoms with Gasteiger partial charge in [0.25, 0.3) is 5.91 Å². The van der Waals surface area contributed by atoms with Crippen LogP contribution < -0.4 is 10.3 Å². The highest BCUT2D eigenvalue weighted by molar-refractivity contribution is 6.31. The number of halogens is 2. The maximum atomic E-state index is 13.8. The number of esters is 1. The predicted molar refractivity (Wildman–Crippen MR) is 91.6 cm³/mol.